The van der Waals surface area contributed by atoms with Gasteiger partial charge in [0.15, 0.2) is 18.8 Å². The molecule has 2 aromatic rings. The molecule has 1 aliphatic carbocycles. The number of carboxylic acids is 1. The number of anilines is 1. The number of fused-ring (bicyclic) bond motifs is 2. The Hall–Kier alpha value is -4.71. The largest absolute Gasteiger partial charge is 0.545 e. The van der Waals surface area contributed by atoms with Gasteiger partial charge in [-0.2, -0.15) is 0 Å². The zero-order chi connectivity index (χ0) is 31.8. The summed E-state index contributed by atoms with van der Waals surface area (Å²) in [5, 5.41) is 14.9. The van der Waals surface area contributed by atoms with E-state index in [1.54, 1.807) is 0 Å². The Morgan fingerprint density at radius 1 is 0.956 bits per heavy atom. The van der Waals surface area contributed by atoms with E-state index in [4.69, 9.17) is 4.84 Å². The van der Waals surface area contributed by atoms with Crippen LogP contribution < -0.4 is 15.2 Å². The molecule has 4 heterocycles. The lowest BCUT2D eigenvalue weighted by atomic mass is 9.86. The summed E-state index contributed by atoms with van der Waals surface area (Å²) in [6.45, 7) is 5.54. The molecule has 5 aliphatic rings. The fourth-order valence-electron chi connectivity index (χ4n) is 6.63. The minimum atomic E-state index is -2.49. The Morgan fingerprint density at radius 2 is 1.67 bits per heavy atom. The molecule has 2 aromatic carbocycles. The lowest BCUT2D eigenvalue weighted by molar-refractivity contribution is -0.599. The van der Waals surface area contributed by atoms with Crippen LogP contribution in [-0.4, -0.2) is 85.7 Å². The van der Waals surface area contributed by atoms with Gasteiger partial charge >= 0.3 is 5.97 Å². The van der Waals surface area contributed by atoms with Gasteiger partial charge in [0.25, 0.3) is 11.8 Å². The monoisotopic (exact) mass is 629 g/mol. The summed E-state index contributed by atoms with van der Waals surface area (Å²) in [5.74, 6) is -3.71. The van der Waals surface area contributed by atoms with Gasteiger partial charge < -0.3 is 19.6 Å². The molecule has 7 rings (SSSR count). The Kier molecular flexibility index (Phi) is 6.73. The van der Waals surface area contributed by atoms with Crippen molar-refractivity contribution in [3.63, 3.8) is 0 Å². The number of alkyl halides is 2. The first-order valence-electron chi connectivity index (χ1n) is 14.8. The lowest BCUT2D eigenvalue weighted by Crippen LogP contribution is -2.52. The molecule has 0 atom stereocenters. The summed E-state index contributed by atoms with van der Waals surface area (Å²) >= 11 is 0. The van der Waals surface area contributed by atoms with Crippen molar-refractivity contribution in [1.82, 2.24) is 5.06 Å². The molecule has 0 spiro atoms. The summed E-state index contributed by atoms with van der Waals surface area (Å²) in [5.41, 5.74) is 3.83. The molecule has 230 valence electrons. The van der Waals surface area contributed by atoms with Crippen molar-refractivity contribution in [3.8, 4) is 0 Å². The van der Waals surface area contributed by atoms with Gasteiger partial charge in [0.1, 0.15) is 14.2 Å². The Balaban J connectivity index is 1.41. The van der Waals surface area contributed by atoms with Crippen LogP contribution in [0.15, 0.2) is 65.4 Å². The second kappa shape index (κ2) is 10.4. The molecule has 0 radical (unpaired) electrons. The molecule has 45 heavy (non-hydrogen) atoms. The zero-order valence-electron chi connectivity index (χ0n) is 24.6. The molecular weight excluding hydrogens is 600 g/mol. The molecule has 3 saturated heterocycles. The van der Waals surface area contributed by atoms with Crippen molar-refractivity contribution in [2.75, 3.05) is 31.1 Å². The third kappa shape index (κ3) is 4.75. The van der Waals surface area contributed by atoms with Crippen LogP contribution in [0.5, 0.6) is 0 Å². The second-order valence-electron chi connectivity index (χ2n) is 12.5. The van der Waals surface area contributed by atoms with E-state index < -0.39 is 44.2 Å². The summed E-state index contributed by atoms with van der Waals surface area (Å²) < 4.78 is 29.5. The number of hydrogen-bond acceptors (Lipinski definition) is 7. The lowest BCUT2D eigenvalue weighted by Gasteiger charge is -2.41. The van der Waals surface area contributed by atoms with E-state index in [9.17, 15) is 33.1 Å². The highest BCUT2D eigenvalue weighted by molar-refractivity contribution is 6.98. The van der Waals surface area contributed by atoms with E-state index in [0.717, 1.165) is 32.9 Å². The van der Waals surface area contributed by atoms with E-state index in [-0.39, 0.29) is 29.5 Å². The molecule has 2 amide bonds. The molecule has 0 saturated carbocycles. The van der Waals surface area contributed by atoms with Crippen molar-refractivity contribution in [2.45, 2.75) is 38.3 Å². The number of hydroxylamine groups is 2. The van der Waals surface area contributed by atoms with Crippen LogP contribution in [0, 0.1) is 0 Å². The summed E-state index contributed by atoms with van der Waals surface area (Å²) in [4.78, 5) is 56.9. The van der Waals surface area contributed by atoms with Gasteiger partial charge in [-0.15, -0.1) is 5.06 Å². The highest BCUT2D eigenvalue weighted by Gasteiger charge is 2.43. The maximum Gasteiger partial charge on any atom is 0.363 e. The minimum Gasteiger partial charge on any atom is -0.545 e. The average Bonchev–Trinajstić information content (AvgIpc) is 3.30. The second-order valence-corrected chi connectivity index (χ2v) is 16.8. The first-order valence-corrected chi connectivity index (χ1v) is 17.8. The maximum atomic E-state index is 13.8. The summed E-state index contributed by atoms with van der Waals surface area (Å²) in [7, 11) is -2.49. The molecule has 0 unspecified atom stereocenters. The number of carbonyl (C=O) groups is 4. The number of hydrogen-bond donors (Lipinski definition) is 0. The van der Waals surface area contributed by atoms with Gasteiger partial charge in [0.2, 0.25) is 6.17 Å². The van der Waals surface area contributed by atoms with Crippen LogP contribution in [0.25, 0.3) is 5.57 Å². The molecule has 0 bridgehead atoms. The molecule has 0 N–H and O–H groups in total. The fraction of sp³-hybridized carbons (Fsp3) is 0.303. The van der Waals surface area contributed by atoms with Crippen molar-refractivity contribution in [2.24, 2.45) is 0 Å². The standard InChI is InChI=1S/C33H29F2N3O6Si/c1-45(2)27-12-21(36-14-19(34)15-36)4-7-24(27)31(25-8-5-22(13-28(25)45)37-16-20(35)17-37)26-11-18(3-6-23(26)32(41)42)33(43)44-38-29(39)9-10-30(38)40/h3-8,11-13,19-20H,9-10,14-17H2,1-2H3. The van der Waals surface area contributed by atoms with Gasteiger partial charge in [-0.05, 0) is 63.0 Å². The number of carbonyl (C=O) groups excluding carboxylic acids is 4. The van der Waals surface area contributed by atoms with Crippen molar-refractivity contribution < 1.29 is 42.5 Å². The van der Waals surface area contributed by atoms with Gasteiger partial charge in [-0.25, -0.2) is 18.2 Å². The Morgan fingerprint density at radius 3 is 2.31 bits per heavy atom. The van der Waals surface area contributed by atoms with Gasteiger partial charge in [0.05, 0.1) is 24.6 Å². The van der Waals surface area contributed by atoms with Crippen molar-refractivity contribution in [1.29, 1.82) is 0 Å². The average molecular weight is 630 g/mol. The van der Waals surface area contributed by atoms with Gasteiger partial charge in [0, 0.05) is 36.2 Å². The highest BCUT2D eigenvalue weighted by Crippen LogP contribution is 2.43. The van der Waals surface area contributed by atoms with Crippen LogP contribution in [0.3, 0.4) is 0 Å². The SMILES string of the molecule is C[Si]1(C)C2=CC(=[N+]3CC(F)C3)C=CC2=C(c2cc(C(=O)ON3C(=O)CCC3=O)ccc2C(=O)[O-])c2ccc(N3CC(F)C3)cc21. The molecule has 4 aliphatic heterocycles. The first-order chi connectivity index (χ1) is 21.4. The van der Waals surface area contributed by atoms with Crippen LogP contribution >= 0.6 is 0 Å². The topological polar surface area (TPSA) is 110 Å². The van der Waals surface area contributed by atoms with Crippen molar-refractivity contribution in [3.05, 3.63) is 87.6 Å². The van der Waals surface area contributed by atoms with Gasteiger partial charge in [-0.3, -0.25) is 9.59 Å². The number of aromatic carboxylic acids is 1. The quantitative estimate of drug-likeness (QED) is 0.283. The van der Waals surface area contributed by atoms with Crippen LogP contribution in [-0.2, 0) is 14.4 Å². The fourth-order valence-corrected chi connectivity index (χ4v) is 9.70. The number of allylic oxidation sites excluding steroid dienone is 5. The molecule has 12 heteroatoms. The van der Waals surface area contributed by atoms with E-state index in [0.29, 0.717) is 36.8 Å². The highest BCUT2D eigenvalue weighted by atomic mass is 28.3. The normalized spacial score (nSPS) is 22.1. The van der Waals surface area contributed by atoms with E-state index in [1.807, 2.05) is 45.9 Å². The number of halogens is 2. The van der Waals surface area contributed by atoms with Crippen LogP contribution in [0.2, 0.25) is 13.1 Å². The zero-order valence-corrected chi connectivity index (χ0v) is 25.6. The first kappa shape index (κ1) is 29.0. The third-order valence-corrected chi connectivity index (χ3v) is 12.7. The van der Waals surface area contributed by atoms with Crippen LogP contribution in [0.1, 0.15) is 44.7 Å². The molecular formula is C33H29F2N3O6Si. The number of benzene rings is 2. The van der Waals surface area contributed by atoms with Crippen molar-refractivity contribution >= 4 is 54.0 Å². The maximum absolute atomic E-state index is 13.8. The number of carboxylic acid groups (broad SMARTS) is 1. The van der Waals surface area contributed by atoms with E-state index in [1.165, 1.54) is 18.2 Å². The van der Waals surface area contributed by atoms with E-state index in [2.05, 4.69) is 13.1 Å². The van der Waals surface area contributed by atoms with Gasteiger partial charge in [-0.1, -0.05) is 25.2 Å². The predicted molar refractivity (Wildman–Crippen MR) is 161 cm³/mol. The summed E-state index contributed by atoms with van der Waals surface area (Å²) in [6.07, 6.45) is 3.92. The predicted octanol–water partition coefficient (Wildman–Crippen LogP) is 2.00. The number of imide groups is 1. The number of nitrogens with zero attached hydrogens (tertiary/aromatic N) is 3. The van der Waals surface area contributed by atoms with Crippen LogP contribution in [0.4, 0.5) is 14.5 Å². The summed E-state index contributed by atoms with van der Waals surface area (Å²) in [6, 6.07) is 9.74. The van der Waals surface area contributed by atoms with E-state index >= 15 is 0 Å². The Labute approximate surface area is 258 Å². The molecule has 3 fully saturated rings. The number of rotatable bonds is 5. The molecule has 0 aromatic heterocycles. The number of amides is 2. The Bertz CT molecular complexity index is 1830. The minimum absolute atomic E-state index is 0.0578. The smallest absolute Gasteiger partial charge is 0.363 e. The third-order valence-electron chi connectivity index (χ3n) is 9.22. The molecule has 9 nitrogen and oxygen atoms in total.